The quantitative estimate of drug-likeness (QED) is 0.700. The van der Waals surface area contributed by atoms with Crippen LogP contribution in [0.1, 0.15) is 12.5 Å². The van der Waals surface area contributed by atoms with Crippen LogP contribution >= 0.6 is 0 Å². The summed E-state index contributed by atoms with van der Waals surface area (Å²) in [5, 5.41) is 0. The molecule has 0 N–H and O–H groups in total. The van der Waals surface area contributed by atoms with Crippen LogP contribution in [0.5, 0.6) is 0 Å². The van der Waals surface area contributed by atoms with Crippen molar-refractivity contribution in [2.24, 2.45) is 5.92 Å². The molecule has 0 saturated carbocycles. The lowest BCUT2D eigenvalue weighted by molar-refractivity contribution is -0.137. The zero-order valence-corrected chi connectivity index (χ0v) is 10.6. The van der Waals surface area contributed by atoms with Crippen molar-refractivity contribution in [2.45, 2.75) is 6.92 Å². The molecule has 1 aliphatic rings. The topological polar surface area (TPSA) is 29.5 Å². The van der Waals surface area contributed by atoms with Gasteiger partial charge in [0, 0.05) is 18.7 Å². The fourth-order valence-corrected chi connectivity index (χ4v) is 1.83. The minimum Gasteiger partial charge on any atom is -0.378 e. The second kappa shape index (κ2) is 6.23. The zero-order chi connectivity index (χ0) is 12.8. The predicted octanol–water partition coefficient (Wildman–Crippen LogP) is 1.53. The molecular weight excluding hydrogens is 226 g/mol. The van der Waals surface area contributed by atoms with E-state index in [1.54, 1.807) is 0 Å². The molecule has 0 bridgehead atoms. The minimum absolute atomic E-state index is 0.0988. The summed E-state index contributed by atoms with van der Waals surface area (Å²) in [6, 6.07) is 9.72. The molecule has 1 unspecified atom stereocenters. The van der Waals surface area contributed by atoms with E-state index in [0.29, 0.717) is 26.3 Å². The highest BCUT2D eigenvalue weighted by Crippen LogP contribution is 2.05. The van der Waals surface area contributed by atoms with E-state index in [9.17, 15) is 4.79 Å². The van der Waals surface area contributed by atoms with Crippen LogP contribution in [-0.2, 0) is 9.53 Å². The fourth-order valence-electron chi connectivity index (χ4n) is 1.83. The Balaban J connectivity index is 1.97. The van der Waals surface area contributed by atoms with Crippen LogP contribution in [0.2, 0.25) is 0 Å². The predicted molar refractivity (Wildman–Crippen MR) is 69.9 cm³/mol. The third-order valence-corrected chi connectivity index (χ3v) is 2.90. The van der Waals surface area contributed by atoms with E-state index in [1.807, 2.05) is 42.2 Å². The average Bonchev–Trinajstić information content (AvgIpc) is 2.46. The van der Waals surface area contributed by atoms with Crippen molar-refractivity contribution in [3.05, 3.63) is 35.9 Å². The van der Waals surface area contributed by atoms with E-state index in [1.165, 1.54) is 0 Å². The van der Waals surface area contributed by atoms with Gasteiger partial charge in [-0.3, -0.25) is 4.79 Å². The maximum atomic E-state index is 12.1. The van der Waals surface area contributed by atoms with Crippen molar-refractivity contribution in [2.75, 3.05) is 26.3 Å². The van der Waals surface area contributed by atoms with Gasteiger partial charge in [0.2, 0.25) is 5.91 Å². The Labute approximate surface area is 108 Å². The zero-order valence-electron chi connectivity index (χ0n) is 10.6. The third-order valence-electron chi connectivity index (χ3n) is 2.90. The smallest absolute Gasteiger partial charge is 0.237 e. The van der Waals surface area contributed by atoms with Gasteiger partial charge in [0.15, 0.2) is 0 Å². The Morgan fingerprint density at radius 3 is 2.61 bits per heavy atom. The molecule has 94 valence electrons. The molecule has 1 aromatic carbocycles. The summed E-state index contributed by atoms with van der Waals surface area (Å²) < 4.78 is 5.23. The monoisotopic (exact) mass is 243 g/mol. The Morgan fingerprint density at radius 1 is 1.28 bits per heavy atom. The first kappa shape index (κ1) is 12.7. The van der Waals surface area contributed by atoms with E-state index in [-0.39, 0.29) is 11.8 Å². The normalized spacial score (nSPS) is 16.6. The lowest BCUT2D eigenvalue weighted by Gasteiger charge is -2.27. The number of morpholine rings is 1. The highest BCUT2D eigenvalue weighted by molar-refractivity contribution is 5.81. The number of carbonyl (C=O) groups is 1. The Morgan fingerprint density at radius 2 is 1.94 bits per heavy atom. The summed E-state index contributed by atoms with van der Waals surface area (Å²) in [7, 11) is 0. The highest BCUT2D eigenvalue weighted by Gasteiger charge is 2.20. The molecule has 1 heterocycles. The maximum Gasteiger partial charge on any atom is 0.237 e. The van der Waals surface area contributed by atoms with Gasteiger partial charge in [-0.05, 0) is 19.1 Å². The van der Waals surface area contributed by atoms with Crippen molar-refractivity contribution in [3.63, 3.8) is 0 Å². The standard InChI is InChI=1S/C15H17NO2/c1-13(7-8-14-5-3-2-4-6-14)15(17)16-9-11-18-12-10-16/h2-6,13H,9-12H2,1H3. The molecule has 0 radical (unpaired) electrons. The van der Waals surface area contributed by atoms with Gasteiger partial charge in [-0.1, -0.05) is 30.0 Å². The van der Waals surface area contributed by atoms with Crippen LogP contribution in [0.4, 0.5) is 0 Å². The van der Waals surface area contributed by atoms with Crippen LogP contribution in [0.15, 0.2) is 30.3 Å². The van der Waals surface area contributed by atoms with Crippen LogP contribution in [0, 0.1) is 17.8 Å². The number of nitrogens with zero attached hydrogens (tertiary/aromatic N) is 1. The number of ether oxygens (including phenoxy) is 1. The summed E-state index contributed by atoms with van der Waals surface area (Å²) in [6.07, 6.45) is 0. The Kier molecular flexibility index (Phi) is 4.38. The first-order valence-electron chi connectivity index (χ1n) is 6.20. The number of hydrogen-bond donors (Lipinski definition) is 0. The summed E-state index contributed by atoms with van der Waals surface area (Å²) in [4.78, 5) is 13.9. The third kappa shape index (κ3) is 3.35. The molecule has 1 atom stereocenters. The second-order valence-corrected chi connectivity index (χ2v) is 4.29. The number of hydrogen-bond acceptors (Lipinski definition) is 2. The molecule has 1 saturated heterocycles. The number of amides is 1. The lowest BCUT2D eigenvalue weighted by atomic mass is 10.1. The van der Waals surface area contributed by atoms with E-state index in [2.05, 4.69) is 11.8 Å². The van der Waals surface area contributed by atoms with Crippen molar-refractivity contribution in [1.29, 1.82) is 0 Å². The Hall–Kier alpha value is -1.79. The molecule has 1 aromatic rings. The molecular formula is C15H17NO2. The van der Waals surface area contributed by atoms with Crippen molar-refractivity contribution < 1.29 is 9.53 Å². The van der Waals surface area contributed by atoms with Crippen LogP contribution in [-0.4, -0.2) is 37.1 Å². The van der Waals surface area contributed by atoms with Gasteiger partial charge in [0.25, 0.3) is 0 Å². The summed E-state index contributed by atoms with van der Waals surface area (Å²) in [6.45, 7) is 4.47. The molecule has 3 heteroatoms. The second-order valence-electron chi connectivity index (χ2n) is 4.29. The number of rotatable bonds is 1. The van der Waals surface area contributed by atoms with E-state index in [0.717, 1.165) is 5.56 Å². The minimum atomic E-state index is -0.261. The average molecular weight is 243 g/mol. The van der Waals surface area contributed by atoms with Gasteiger partial charge >= 0.3 is 0 Å². The van der Waals surface area contributed by atoms with E-state index in [4.69, 9.17) is 4.74 Å². The van der Waals surface area contributed by atoms with Crippen LogP contribution in [0.3, 0.4) is 0 Å². The molecule has 2 rings (SSSR count). The van der Waals surface area contributed by atoms with Gasteiger partial charge in [-0.15, -0.1) is 0 Å². The number of carbonyl (C=O) groups excluding carboxylic acids is 1. The molecule has 0 aliphatic carbocycles. The van der Waals surface area contributed by atoms with Gasteiger partial charge in [0.05, 0.1) is 19.1 Å². The SMILES string of the molecule is CC(C#Cc1ccccc1)C(=O)N1CCOCC1. The first-order valence-corrected chi connectivity index (χ1v) is 6.20. The molecule has 1 amide bonds. The fraction of sp³-hybridized carbons (Fsp3) is 0.400. The molecule has 18 heavy (non-hydrogen) atoms. The van der Waals surface area contributed by atoms with Crippen molar-refractivity contribution in [3.8, 4) is 11.8 Å². The highest BCUT2D eigenvalue weighted by atomic mass is 16.5. The van der Waals surface area contributed by atoms with Crippen LogP contribution in [0.25, 0.3) is 0 Å². The van der Waals surface area contributed by atoms with Crippen molar-refractivity contribution in [1.82, 2.24) is 4.90 Å². The van der Waals surface area contributed by atoms with E-state index < -0.39 is 0 Å². The Bertz CT molecular complexity index is 452. The van der Waals surface area contributed by atoms with Gasteiger partial charge in [0.1, 0.15) is 0 Å². The van der Waals surface area contributed by atoms with Gasteiger partial charge in [-0.2, -0.15) is 0 Å². The lowest BCUT2D eigenvalue weighted by Crippen LogP contribution is -2.42. The summed E-state index contributed by atoms with van der Waals surface area (Å²) in [5.74, 6) is 5.89. The summed E-state index contributed by atoms with van der Waals surface area (Å²) in [5.41, 5.74) is 0.944. The van der Waals surface area contributed by atoms with E-state index >= 15 is 0 Å². The largest absolute Gasteiger partial charge is 0.378 e. The maximum absolute atomic E-state index is 12.1. The van der Waals surface area contributed by atoms with Gasteiger partial charge in [-0.25, -0.2) is 0 Å². The molecule has 0 spiro atoms. The first-order chi connectivity index (χ1) is 8.77. The van der Waals surface area contributed by atoms with Crippen molar-refractivity contribution >= 4 is 5.91 Å². The molecule has 1 fully saturated rings. The number of benzene rings is 1. The molecule has 1 aliphatic heterocycles. The summed E-state index contributed by atoms with van der Waals surface area (Å²) >= 11 is 0. The molecule has 3 nitrogen and oxygen atoms in total. The molecule has 0 aromatic heterocycles. The van der Waals surface area contributed by atoms with Crippen LogP contribution < -0.4 is 0 Å². The van der Waals surface area contributed by atoms with Gasteiger partial charge < -0.3 is 9.64 Å².